The van der Waals surface area contributed by atoms with E-state index in [-0.39, 0.29) is 22.3 Å². The van der Waals surface area contributed by atoms with Gasteiger partial charge in [0.1, 0.15) is 5.92 Å². The number of hydrogen-bond acceptors (Lipinski definition) is 6. The molecule has 2 aromatic rings. The van der Waals surface area contributed by atoms with E-state index in [9.17, 15) is 19.6 Å². The van der Waals surface area contributed by atoms with E-state index in [0.717, 1.165) is 16.2 Å². The maximum absolute atomic E-state index is 12.8. The van der Waals surface area contributed by atoms with Crippen molar-refractivity contribution >= 4 is 62.8 Å². The minimum atomic E-state index is -1.21. The van der Waals surface area contributed by atoms with Gasteiger partial charge in [-0.15, -0.1) is 0 Å². The smallest absolute Gasteiger partial charge is 0.319 e. The molecule has 2 amide bonds. The summed E-state index contributed by atoms with van der Waals surface area (Å²) in [4.78, 5) is 37.6. The zero-order valence-corrected chi connectivity index (χ0v) is 19.9. The third-order valence-corrected chi connectivity index (χ3v) is 6.52. The zero-order valence-electron chi connectivity index (χ0n) is 16.7. The topological polar surface area (TPSA) is 108 Å². The fourth-order valence-corrected chi connectivity index (χ4v) is 4.82. The number of methoxy groups -OCH3 is 1. The summed E-state index contributed by atoms with van der Waals surface area (Å²) >= 11 is 10.4. The summed E-state index contributed by atoms with van der Waals surface area (Å²) in [5.74, 6) is -3.83. The van der Waals surface area contributed by atoms with Gasteiger partial charge in [0.2, 0.25) is 11.8 Å². The molecule has 0 saturated heterocycles. The van der Waals surface area contributed by atoms with Crippen molar-refractivity contribution in [1.82, 2.24) is 5.32 Å². The fraction of sp³-hybridized carbons (Fsp3) is 0.182. The summed E-state index contributed by atoms with van der Waals surface area (Å²) in [5, 5.41) is 15.7. The molecule has 0 spiro atoms. The molecule has 0 fully saturated rings. The number of amides is 2. The SMILES string of the molecule is COC(=O)[C@H]1C(=O)NC(SCC(=O)Nc2ccc(Br)cc2Cl)=C(C#N)[C@H]1c1ccccc1. The molecule has 2 N–H and O–H groups in total. The Morgan fingerprint density at radius 1 is 1.28 bits per heavy atom. The van der Waals surface area contributed by atoms with Crippen LogP contribution in [0.4, 0.5) is 5.69 Å². The lowest BCUT2D eigenvalue weighted by Gasteiger charge is -2.30. The van der Waals surface area contributed by atoms with Gasteiger partial charge in [-0.25, -0.2) is 0 Å². The first kappa shape index (κ1) is 23.9. The van der Waals surface area contributed by atoms with E-state index >= 15 is 0 Å². The van der Waals surface area contributed by atoms with Crippen LogP contribution in [0.25, 0.3) is 0 Å². The van der Waals surface area contributed by atoms with Gasteiger partial charge in [0.15, 0.2) is 0 Å². The number of nitrogens with one attached hydrogen (secondary N) is 2. The van der Waals surface area contributed by atoms with E-state index in [2.05, 4.69) is 32.6 Å². The van der Waals surface area contributed by atoms with Gasteiger partial charge in [-0.05, 0) is 23.8 Å². The van der Waals surface area contributed by atoms with Crippen LogP contribution in [0, 0.1) is 17.2 Å². The molecule has 1 aliphatic rings. The number of carbonyl (C=O) groups excluding carboxylic acids is 3. The van der Waals surface area contributed by atoms with Crippen molar-refractivity contribution in [1.29, 1.82) is 5.26 Å². The van der Waals surface area contributed by atoms with Crippen molar-refractivity contribution in [2.45, 2.75) is 5.92 Å². The van der Waals surface area contributed by atoms with E-state index < -0.39 is 23.7 Å². The zero-order chi connectivity index (χ0) is 23.3. The number of anilines is 1. The predicted octanol–water partition coefficient (Wildman–Crippen LogP) is 4.21. The molecule has 0 aliphatic carbocycles. The Balaban J connectivity index is 1.86. The molecule has 10 heteroatoms. The molecule has 164 valence electrons. The first-order valence-corrected chi connectivity index (χ1v) is 11.5. The number of rotatable bonds is 6. The molecule has 7 nitrogen and oxygen atoms in total. The predicted molar refractivity (Wildman–Crippen MR) is 126 cm³/mol. The third-order valence-electron chi connectivity index (χ3n) is 4.70. The van der Waals surface area contributed by atoms with Gasteiger partial charge in [-0.2, -0.15) is 5.26 Å². The summed E-state index contributed by atoms with van der Waals surface area (Å²) in [6, 6.07) is 15.9. The molecule has 1 aliphatic heterocycles. The molecular weight excluding hydrogens is 518 g/mol. The number of thioether (sulfide) groups is 1. The number of ether oxygens (including phenoxy) is 1. The van der Waals surface area contributed by atoms with Crippen molar-refractivity contribution in [3.05, 3.63) is 74.2 Å². The van der Waals surface area contributed by atoms with Crippen LogP contribution in [0.1, 0.15) is 11.5 Å². The van der Waals surface area contributed by atoms with Crippen LogP contribution in [0.2, 0.25) is 5.02 Å². The second-order valence-corrected chi connectivity index (χ2v) is 9.00. The maximum Gasteiger partial charge on any atom is 0.319 e. The van der Waals surface area contributed by atoms with Crippen LogP contribution in [0.15, 0.2) is 63.6 Å². The Hall–Kier alpha value is -2.80. The largest absolute Gasteiger partial charge is 0.468 e. The number of halogens is 2. The van der Waals surface area contributed by atoms with Crippen molar-refractivity contribution in [3.63, 3.8) is 0 Å². The van der Waals surface area contributed by atoms with Crippen LogP contribution in [0.3, 0.4) is 0 Å². The first-order chi connectivity index (χ1) is 15.3. The minimum absolute atomic E-state index is 0.0857. The van der Waals surface area contributed by atoms with Crippen molar-refractivity contribution in [2.75, 3.05) is 18.2 Å². The molecule has 2 aromatic carbocycles. The van der Waals surface area contributed by atoms with Gasteiger partial charge in [-0.1, -0.05) is 69.6 Å². The number of nitrogens with zero attached hydrogens (tertiary/aromatic N) is 1. The molecule has 0 bridgehead atoms. The Bertz CT molecular complexity index is 1130. The lowest BCUT2D eigenvalue weighted by atomic mass is 9.78. The average molecular weight is 535 g/mol. The highest BCUT2D eigenvalue weighted by Gasteiger charge is 2.44. The standard InChI is InChI=1S/C22H17BrClN3O4S/c1-31-22(30)19-18(12-5-3-2-4-6-12)14(10-25)21(27-20(19)29)32-11-17(28)26-16-8-7-13(23)9-15(16)24/h2-9,18-19H,11H2,1H3,(H,26,28)(H,27,29)/t18-,19-/m1/s1. The lowest BCUT2D eigenvalue weighted by Crippen LogP contribution is -2.44. The molecule has 1 heterocycles. The van der Waals surface area contributed by atoms with Gasteiger partial charge in [0.05, 0.1) is 40.2 Å². The van der Waals surface area contributed by atoms with Gasteiger partial charge >= 0.3 is 5.97 Å². The Kier molecular flexibility index (Phi) is 7.96. The maximum atomic E-state index is 12.8. The van der Waals surface area contributed by atoms with Crippen molar-refractivity contribution < 1.29 is 19.1 Å². The summed E-state index contributed by atoms with van der Waals surface area (Å²) in [6.45, 7) is 0. The molecule has 3 rings (SSSR count). The summed E-state index contributed by atoms with van der Waals surface area (Å²) in [5.41, 5.74) is 1.25. The van der Waals surface area contributed by atoms with Crippen molar-refractivity contribution in [2.24, 2.45) is 5.92 Å². The number of esters is 1. The normalized spacial score (nSPS) is 17.9. The Morgan fingerprint density at radius 2 is 2.00 bits per heavy atom. The number of benzene rings is 2. The third kappa shape index (κ3) is 5.33. The van der Waals surface area contributed by atoms with Gasteiger partial charge in [0, 0.05) is 10.4 Å². The molecule has 2 atom stereocenters. The van der Waals surface area contributed by atoms with E-state index in [1.54, 1.807) is 48.5 Å². The monoisotopic (exact) mass is 533 g/mol. The highest BCUT2D eigenvalue weighted by molar-refractivity contribution is 9.10. The van der Waals surface area contributed by atoms with Gasteiger partial charge in [-0.3, -0.25) is 14.4 Å². The van der Waals surface area contributed by atoms with Crippen LogP contribution >= 0.6 is 39.3 Å². The second kappa shape index (κ2) is 10.7. The van der Waals surface area contributed by atoms with Gasteiger partial charge in [0.25, 0.3) is 0 Å². The molecule has 0 saturated carbocycles. The van der Waals surface area contributed by atoms with Crippen LogP contribution in [-0.2, 0) is 19.1 Å². The van der Waals surface area contributed by atoms with Crippen LogP contribution < -0.4 is 10.6 Å². The van der Waals surface area contributed by atoms with E-state index in [0.29, 0.717) is 16.3 Å². The van der Waals surface area contributed by atoms with E-state index in [1.807, 2.05) is 0 Å². The Morgan fingerprint density at radius 3 is 2.62 bits per heavy atom. The molecule has 0 radical (unpaired) electrons. The quantitative estimate of drug-likeness (QED) is 0.425. The number of carbonyl (C=O) groups is 3. The minimum Gasteiger partial charge on any atom is -0.468 e. The van der Waals surface area contributed by atoms with Crippen molar-refractivity contribution in [3.8, 4) is 6.07 Å². The summed E-state index contributed by atoms with van der Waals surface area (Å²) in [6.07, 6.45) is 0. The second-order valence-electron chi connectivity index (χ2n) is 6.69. The molecule has 32 heavy (non-hydrogen) atoms. The van der Waals surface area contributed by atoms with Gasteiger partial charge < -0.3 is 15.4 Å². The summed E-state index contributed by atoms with van der Waals surface area (Å²) in [7, 11) is 1.19. The van der Waals surface area contributed by atoms with E-state index in [1.165, 1.54) is 7.11 Å². The summed E-state index contributed by atoms with van der Waals surface area (Å²) < 4.78 is 5.58. The number of nitriles is 1. The number of allylic oxidation sites excluding steroid dienone is 1. The molecule has 0 unspecified atom stereocenters. The highest BCUT2D eigenvalue weighted by Crippen LogP contribution is 2.40. The average Bonchev–Trinajstić information content (AvgIpc) is 2.79. The Labute approximate surface area is 202 Å². The van der Waals surface area contributed by atoms with E-state index in [4.69, 9.17) is 16.3 Å². The number of hydrogen-bond donors (Lipinski definition) is 2. The fourth-order valence-electron chi connectivity index (χ4n) is 3.25. The molecular formula is C22H17BrClN3O4S. The lowest BCUT2D eigenvalue weighted by molar-refractivity contribution is -0.150. The molecule has 0 aromatic heterocycles. The highest BCUT2D eigenvalue weighted by atomic mass is 79.9. The first-order valence-electron chi connectivity index (χ1n) is 9.31. The van der Waals surface area contributed by atoms with Crippen LogP contribution in [-0.4, -0.2) is 30.6 Å². The van der Waals surface area contributed by atoms with Crippen LogP contribution in [0.5, 0.6) is 0 Å².